The number of aryl methyl sites for hydroxylation is 1. The monoisotopic (exact) mass is 393 g/mol. The molecule has 1 atom stereocenters. The first kappa shape index (κ1) is 22.4. The number of unbranched alkanes of at least 4 members (excludes halogenated alkanes) is 1. The first-order chi connectivity index (χ1) is 14.2. The maximum atomic E-state index is 10.5. The fraction of sp³-hybridized carbons (Fsp3) is 0.750. The number of benzene rings is 1. The van der Waals surface area contributed by atoms with Crippen molar-refractivity contribution in [2.45, 2.75) is 122 Å². The number of hydrogen-bond donors (Lipinski definition) is 0. The number of nitrogens with zero attached hydrogens (tertiary/aromatic N) is 1. The fourth-order valence-corrected chi connectivity index (χ4v) is 6.52. The van der Waals surface area contributed by atoms with Gasteiger partial charge in [-0.15, -0.1) is 0 Å². The molecule has 2 fully saturated rings. The van der Waals surface area contributed by atoms with Gasteiger partial charge in [0, 0.05) is 5.41 Å². The van der Waals surface area contributed by atoms with E-state index in [1.807, 2.05) is 0 Å². The Morgan fingerprint density at radius 1 is 0.862 bits per heavy atom. The lowest BCUT2D eigenvalue weighted by atomic mass is 9.56. The molecule has 0 spiro atoms. The van der Waals surface area contributed by atoms with Crippen LogP contribution in [0.4, 0.5) is 0 Å². The molecule has 1 aromatic rings. The molecule has 0 amide bonds. The predicted molar refractivity (Wildman–Crippen MR) is 124 cm³/mol. The Bertz CT molecular complexity index is 638. The van der Waals surface area contributed by atoms with Crippen molar-refractivity contribution in [3.8, 4) is 6.07 Å². The van der Waals surface area contributed by atoms with Crippen molar-refractivity contribution in [1.82, 2.24) is 0 Å². The van der Waals surface area contributed by atoms with Crippen molar-refractivity contribution in [2.75, 3.05) is 0 Å². The largest absolute Gasteiger partial charge is 0.198 e. The molecular weight excluding hydrogens is 350 g/mol. The van der Waals surface area contributed by atoms with Crippen LogP contribution in [0.3, 0.4) is 0 Å². The van der Waals surface area contributed by atoms with E-state index in [1.54, 1.807) is 0 Å². The Hall–Kier alpha value is -1.29. The molecule has 0 saturated heterocycles. The van der Waals surface area contributed by atoms with Crippen molar-refractivity contribution in [3.63, 3.8) is 0 Å². The summed E-state index contributed by atoms with van der Waals surface area (Å²) in [5, 5.41) is 10.5. The van der Waals surface area contributed by atoms with E-state index in [9.17, 15) is 5.26 Å². The van der Waals surface area contributed by atoms with Crippen molar-refractivity contribution >= 4 is 0 Å². The van der Waals surface area contributed by atoms with Gasteiger partial charge >= 0.3 is 0 Å². The zero-order valence-electron chi connectivity index (χ0n) is 19.1. The summed E-state index contributed by atoms with van der Waals surface area (Å²) in [7, 11) is 0. The minimum Gasteiger partial charge on any atom is -0.198 e. The summed E-state index contributed by atoms with van der Waals surface area (Å²) in [6, 6.07) is 12.4. The van der Waals surface area contributed by atoms with Crippen LogP contribution in [0.2, 0.25) is 0 Å². The lowest BCUT2D eigenvalue weighted by molar-refractivity contribution is 0.0973. The molecule has 0 bridgehead atoms. The van der Waals surface area contributed by atoms with E-state index in [-0.39, 0.29) is 11.3 Å². The molecule has 1 unspecified atom stereocenters. The minimum absolute atomic E-state index is 0.0917. The van der Waals surface area contributed by atoms with Gasteiger partial charge in [0.1, 0.15) is 0 Å². The quantitative estimate of drug-likeness (QED) is 0.412. The lowest BCUT2D eigenvalue weighted by Crippen LogP contribution is -2.40. The van der Waals surface area contributed by atoms with Gasteiger partial charge in [-0.1, -0.05) is 95.9 Å². The first-order valence-corrected chi connectivity index (χ1v) is 12.7. The molecule has 1 aromatic carbocycles. The van der Waals surface area contributed by atoms with Crippen LogP contribution in [-0.4, -0.2) is 0 Å². The van der Waals surface area contributed by atoms with E-state index in [0.717, 1.165) is 12.8 Å². The molecule has 0 heterocycles. The van der Waals surface area contributed by atoms with Crippen LogP contribution >= 0.6 is 0 Å². The molecule has 0 N–H and O–H groups in total. The van der Waals surface area contributed by atoms with Gasteiger partial charge in [0.15, 0.2) is 0 Å². The molecule has 0 radical (unpaired) electrons. The molecule has 2 aliphatic carbocycles. The zero-order chi connectivity index (χ0) is 20.6. The lowest BCUT2D eigenvalue weighted by Gasteiger charge is -2.47. The standard InChI is InChI=1S/C28H43N/c1-3-5-17-27(18-8-6-9-19-27)22-26(23-29)28(20-10-7-11-21-28)25-15-13-24(12-4-2)14-16-25/h13-16,26H,3-12,17-22H2,1-2H3. The van der Waals surface area contributed by atoms with E-state index in [0.29, 0.717) is 5.41 Å². The molecular formula is C28H43N. The molecule has 3 rings (SSSR count). The Balaban J connectivity index is 1.89. The summed E-state index contributed by atoms with van der Waals surface area (Å²) in [6.07, 6.45) is 20.7. The molecule has 2 aliphatic rings. The van der Waals surface area contributed by atoms with Crippen LogP contribution in [0.15, 0.2) is 24.3 Å². The maximum absolute atomic E-state index is 10.5. The normalized spacial score (nSPS) is 22.0. The minimum atomic E-state index is 0.0917. The summed E-state index contributed by atoms with van der Waals surface area (Å²) in [5.41, 5.74) is 3.43. The smallest absolute Gasteiger partial charge is 0.0665 e. The Kier molecular flexibility index (Phi) is 8.23. The van der Waals surface area contributed by atoms with Gasteiger partial charge < -0.3 is 0 Å². The van der Waals surface area contributed by atoms with E-state index in [2.05, 4.69) is 44.2 Å². The van der Waals surface area contributed by atoms with Crippen LogP contribution in [-0.2, 0) is 11.8 Å². The second-order valence-electron chi connectivity index (χ2n) is 10.2. The third-order valence-electron chi connectivity index (χ3n) is 8.25. The molecule has 160 valence electrons. The number of hydrogen-bond acceptors (Lipinski definition) is 1. The summed E-state index contributed by atoms with van der Waals surface area (Å²) >= 11 is 0. The summed E-state index contributed by atoms with van der Waals surface area (Å²) in [6.45, 7) is 4.57. The Morgan fingerprint density at radius 3 is 2.03 bits per heavy atom. The summed E-state index contributed by atoms with van der Waals surface area (Å²) in [5.74, 6) is 0.176. The highest BCUT2D eigenvalue weighted by atomic mass is 14.5. The van der Waals surface area contributed by atoms with Crippen LogP contribution < -0.4 is 0 Å². The van der Waals surface area contributed by atoms with Gasteiger partial charge in [0.05, 0.1) is 12.0 Å². The van der Waals surface area contributed by atoms with Crippen LogP contribution in [0.25, 0.3) is 0 Å². The SMILES string of the molecule is CCCCC1(CC(C#N)C2(c3ccc(CCC)cc3)CCCCC2)CCCCC1. The Labute approximate surface area is 180 Å². The van der Waals surface area contributed by atoms with Gasteiger partial charge in [-0.25, -0.2) is 0 Å². The predicted octanol–water partition coefficient (Wildman–Crippen LogP) is 8.51. The van der Waals surface area contributed by atoms with Crippen molar-refractivity contribution in [2.24, 2.45) is 11.3 Å². The van der Waals surface area contributed by atoms with Crippen molar-refractivity contribution < 1.29 is 0 Å². The van der Waals surface area contributed by atoms with E-state index < -0.39 is 0 Å². The van der Waals surface area contributed by atoms with Gasteiger partial charge in [0.2, 0.25) is 0 Å². The fourth-order valence-electron chi connectivity index (χ4n) is 6.52. The highest BCUT2D eigenvalue weighted by Crippen LogP contribution is 2.53. The van der Waals surface area contributed by atoms with Gasteiger partial charge in [-0.2, -0.15) is 5.26 Å². The third-order valence-corrected chi connectivity index (χ3v) is 8.25. The zero-order valence-corrected chi connectivity index (χ0v) is 19.1. The molecule has 1 nitrogen and oxygen atoms in total. The van der Waals surface area contributed by atoms with Gasteiger partial charge in [-0.05, 0) is 61.5 Å². The average molecular weight is 394 g/mol. The van der Waals surface area contributed by atoms with Crippen LogP contribution in [0, 0.1) is 22.7 Å². The van der Waals surface area contributed by atoms with E-state index in [4.69, 9.17) is 0 Å². The highest BCUT2D eigenvalue weighted by molar-refractivity contribution is 5.32. The van der Waals surface area contributed by atoms with Crippen LogP contribution in [0.1, 0.15) is 121 Å². The number of nitriles is 1. The highest BCUT2D eigenvalue weighted by Gasteiger charge is 2.45. The van der Waals surface area contributed by atoms with Crippen LogP contribution in [0.5, 0.6) is 0 Å². The molecule has 0 aliphatic heterocycles. The molecule has 1 heteroatoms. The van der Waals surface area contributed by atoms with E-state index >= 15 is 0 Å². The first-order valence-electron chi connectivity index (χ1n) is 12.7. The second-order valence-corrected chi connectivity index (χ2v) is 10.2. The molecule has 2 saturated carbocycles. The molecule has 0 aromatic heterocycles. The Morgan fingerprint density at radius 2 is 1.48 bits per heavy atom. The third kappa shape index (κ3) is 5.25. The van der Waals surface area contributed by atoms with Gasteiger partial charge in [-0.3, -0.25) is 0 Å². The van der Waals surface area contributed by atoms with E-state index in [1.165, 1.54) is 101 Å². The molecule has 29 heavy (non-hydrogen) atoms. The van der Waals surface area contributed by atoms with Gasteiger partial charge in [0.25, 0.3) is 0 Å². The average Bonchev–Trinajstić information content (AvgIpc) is 2.78. The second kappa shape index (κ2) is 10.7. The summed E-state index contributed by atoms with van der Waals surface area (Å²) < 4.78 is 0. The summed E-state index contributed by atoms with van der Waals surface area (Å²) in [4.78, 5) is 0. The number of rotatable bonds is 9. The topological polar surface area (TPSA) is 23.8 Å². The maximum Gasteiger partial charge on any atom is 0.0665 e. The van der Waals surface area contributed by atoms with Crippen molar-refractivity contribution in [1.29, 1.82) is 5.26 Å². The van der Waals surface area contributed by atoms with Crippen molar-refractivity contribution in [3.05, 3.63) is 35.4 Å².